The van der Waals surface area contributed by atoms with Crippen molar-refractivity contribution in [3.63, 3.8) is 0 Å². The van der Waals surface area contributed by atoms with E-state index in [1.54, 1.807) is 6.92 Å². The van der Waals surface area contributed by atoms with Crippen LogP contribution < -0.4 is 10.6 Å². The van der Waals surface area contributed by atoms with Crippen molar-refractivity contribution in [2.75, 3.05) is 19.6 Å². The van der Waals surface area contributed by atoms with Gasteiger partial charge in [-0.05, 0) is 39.0 Å². The van der Waals surface area contributed by atoms with Crippen LogP contribution in [0, 0.1) is 0 Å². The van der Waals surface area contributed by atoms with Gasteiger partial charge in [0, 0.05) is 13.3 Å². The van der Waals surface area contributed by atoms with Crippen LogP contribution in [0.3, 0.4) is 0 Å². The number of carbonyl (C=O) groups is 1. The Balaban J connectivity index is 2.01. The summed E-state index contributed by atoms with van der Waals surface area (Å²) in [6.45, 7) is 8.91. The van der Waals surface area contributed by atoms with Crippen molar-refractivity contribution >= 4 is 5.91 Å². The third-order valence-electron chi connectivity index (χ3n) is 6.51. The van der Waals surface area contributed by atoms with E-state index in [0.717, 1.165) is 24.1 Å². The summed E-state index contributed by atoms with van der Waals surface area (Å²) in [6, 6.07) is 0. The molecule has 30 heavy (non-hydrogen) atoms. The van der Waals surface area contributed by atoms with Gasteiger partial charge < -0.3 is 10.6 Å². The van der Waals surface area contributed by atoms with Crippen molar-refractivity contribution in [2.45, 2.75) is 117 Å². The molecule has 1 amide bonds. The number of allylic oxidation sites excluding steroid dienone is 2. The number of nitrogens with one attached hydrogen (secondary N) is 2. The van der Waals surface area contributed by atoms with Crippen LogP contribution in [0.25, 0.3) is 0 Å². The summed E-state index contributed by atoms with van der Waals surface area (Å²) in [4.78, 5) is 11.2. The summed E-state index contributed by atoms with van der Waals surface area (Å²) in [5.41, 5.74) is 0. The van der Waals surface area contributed by atoms with E-state index >= 15 is 0 Å². The largest absolute Gasteiger partial charge is 0.351 e. The Kier molecular flexibility index (Phi) is 15.5. The maximum atomic E-state index is 11.2. The van der Waals surface area contributed by atoms with Gasteiger partial charge in [0.25, 0.3) is 0 Å². The molecule has 4 nitrogen and oxygen atoms in total. The summed E-state index contributed by atoms with van der Waals surface area (Å²) in [5.74, 6) is 0.0641. The Labute approximate surface area is 187 Å². The number of unbranched alkanes of at least 4 members (excludes halogenated alkanes) is 11. The fourth-order valence-corrected chi connectivity index (χ4v) is 4.46. The number of carbonyl (C=O) groups excluding carboxylic acids is 1. The minimum atomic E-state index is 0.0641. The standard InChI is InChI=1S/C26H49N3O/c1-4-6-7-8-9-10-11-12-13-14-15-16-17-18-19-20-26-28-22-24-29(26,5-2)23-21-27-25(3)30/h12-13,22,24,26,28H,4-11,14-21,23H2,1-3H3/p+1/b13-12+. The van der Waals surface area contributed by atoms with E-state index in [4.69, 9.17) is 0 Å². The minimum absolute atomic E-state index is 0.0641. The summed E-state index contributed by atoms with van der Waals surface area (Å²) < 4.78 is 0.948. The van der Waals surface area contributed by atoms with E-state index in [9.17, 15) is 4.79 Å². The fraction of sp³-hybridized carbons (Fsp3) is 0.808. The highest BCUT2D eigenvalue weighted by atomic mass is 16.1. The second kappa shape index (κ2) is 17.4. The molecular formula is C26H50N3O+. The molecule has 2 unspecified atom stereocenters. The van der Waals surface area contributed by atoms with Crippen LogP contribution >= 0.6 is 0 Å². The van der Waals surface area contributed by atoms with Gasteiger partial charge in [0.1, 0.15) is 12.7 Å². The summed E-state index contributed by atoms with van der Waals surface area (Å²) >= 11 is 0. The molecule has 0 aliphatic carbocycles. The van der Waals surface area contributed by atoms with Crippen LogP contribution in [-0.2, 0) is 4.79 Å². The highest BCUT2D eigenvalue weighted by molar-refractivity contribution is 5.72. The molecule has 0 saturated heterocycles. The molecule has 0 spiro atoms. The highest BCUT2D eigenvalue weighted by Gasteiger charge is 2.36. The molecule has 0 radical (unpaired) electrons. The van der Waals surface area contributed by atoms with Crippen molar-refractivity contribution in [2.24, 2.45) is 0 Å². The van der Waals surface area contributed by atoms with Crippen molar-refractivity contribution in [3.05, 3.63) is 24.6 Å². The molecule has 0 aromatic heterocycles. The molecule has 0 aromatic rings. The zero-order chi connectivity index (χ0) is 21.9. The average molecular weight is 421 g/mol. The van der Waals surface area contributed by atoms with E-state index in [1.807, 2.05) is 0 Å². The van der Waals surface area contributed by atoms with E-state index < -0.39 is 0 Å². The first kappa shape index (κ1) is 26.7. The molecule has 1 rings (SSSR count). The summed E-state index contributed by atoms with van der Waals surface area (Å²) in [7, 11) is 0. The Morgan fingerprint density at radius 2 is 1.53 bits per heavy atom. The lowest BCUT2D eigenvalue weighted by molar-refractivity contribution is -0.898. The van der Waals surface area contributed by atoms with Gasteiger partial charge >= 0.3 is 0 Å². The smallest absolute Gasteiger partial charge is 0.217 e. The number of likely N-dealkylation sites (N-methyl/N-ethyl adjacent to an activating group) is 1. The molecule has 2 atom stereocenters. The topological polar surface area (TPSA) is 41.1 Å². The lowest BCUT2D eigenvalue weighted by atomic mass is 10.1. The van der Waals surface area contributed by atoms with Crippen molar-refractivity contribution in [1.82, 2.24) is 10.6 Å². The van der Waals surface area contributed by atoms with Gasteiger partial charge in [0.2, 0.25) is 5.91 Å². The number of rotatable bonds is 19. The van der Waals surface area contributed by atoms with E-state index in [1.165, 1.54) is 89.9 Å². The first-order valence-electron chi connectivity index (χ1n) is 12.8. The van der Waals surface area contributed by atoms with Gasteiger partial charge in [-0.1, -0.05) is 70.4 Å². The molecule has 0 aromatic carbocycles. The Morgan fingerprint density at radius 3 is 2.13 bits per heavy atom. The van der Waals surface area contributed by atoms with Gasteiger partial charge in [-0.2, -0.15) is 0 Å². The van der Waals surface area contributed by atoms with Crippen LogP contribution in [0.15, 0.2) is 24.6 Å². The zero-order valence-electron chi connectivity index (χ0n) is 20.3. The van der Waals surface area contributed by atoms with E-state index in [2.05, 4.69) is 49.0 Å². The number of hydrogen-bond acceptors (Lipinski definition) is 2. The average Bonchev–Trinajstić information content (AvgIpc) is 3.13. The second-order valence-electron chi connectivity index (χ2n) is 9.00. The van der Waals surface area contributed by atoms with Crippen LogP contribution in [0.1, 0.15) is 111 Å². The predicted octanol–water partition coefficient (Wildman–Crippen LogP) is 6.40. The van der Waals surface area contributed by atoms with Crippen molar-refractivity contribution in [1.29, 1.82) is 0 Å². The maximum Gasteiger partial charge on any atom is 0.217 e. The molecule has 4 heteroatoms. The van der Waals surface area contributed by atoms with Crippen LogP contribution in [0.2, 0.25) is 0 Å². The molecule has 1 aliphatic rings. The molecule has 0 saturated carbocycles. The van der Waals surface area contributed by atoms with Gasteiger partial charge in [-0.3, -0.25) is 9.28 Å². The Bertz CT molecular complexity index is 489. The molecule has 174 valence electrons. The Hall–Kier alpha value is -1.29. The normalized spacial score (nSPS) is 20.7. The van der Waals surface area contributed by atoms with Crippen molar-refractivity contribution < 1.29 is 9.28 Å². The van der Waals surface area contributed by atoms with Crippen LogP contribution in [0.5, 0.6) is 0 Å². The van der Waals surface area contributed by atoms with Crippen LogP contribution in [-0.4, -0.2) is 36.2 Å². The van der Waals surface area contributed by atoms with Gasteiger partial charge in [0.15, 0.2) is 6.17 Å². The monoisotopic (exact) mass is 420 g/mol. The first-order valence-corrected chi connectivity index (χ1v) is 12.8. The predicted molar refractivity (Wildman–Crippen MR) is 130 cm³/mol. The number of nitrogens with zero attached hydrogens (tertiary/aromatic N) is 1. The van der Waals surface area contributed by atoms with Gasteiger partial charge in [0.05, 0.1) is 19.3 Å². The van der Waals surface area contributed by atoms with Crippen LogP contribution in [0.4, 0.5) is 0 Å². The quantitative estimate of drug-likeness (QED) is 0.144. The highest BCUT2D eigenvalue weighted by Crippen LogP contribution is 2.22. The van der Waals surface area contributed by atoms with Gasteiger partial charge in [-0.15, -0.1) is 0 Å². The molecular weight excluding hydrogens is 370 g/mol. The first-order chi connectivity index (χ1) is 14.6. The summed E-state index contributed by atoms with van der Waals surface area (Å²) in [6.07, 6.45) is 28.4. The molecule has 1 heterocycles. The number of hydrogen-bond donors (Lipinski definition) is 2. The maximum absolute atomic E-state index is 11.2. The Morgan fingerprint density at radius 1 is 0.933 bits per heavy atom. The summed E-state index contributed by atoms with van der Waals surface area (Å²) in [5, 5.41) is 6.51. The lowest BCUT2D eigenvalue weighted by Gasteiger charge is -2.37. The third-order valence-corrected chi connectivity index (χ3v) is 6.51. The van der Waals surface area contributed by atoms with Crippen molar-refractivity contribution in [3.8, 4) is 0 Å². The molecule has 2 N–H and O–H groups in total. The third kappa shape index (κ3) is 11.8. The lowest BCUT2D eigenvalue weighted by Crippen LogP contribution is -2.55. The fourth-order valence-electron chi connectivity index (χ4n) is 4.46. The minimum Gasteiger partial charge on any atom is -0.351 e. The molecule has 0 bridgehead atoms. The zero-order valence-corrected chi connectivity index (χ0v) is 20.3. The molecule has 0 fully saturated rings. The number of amides is 1. The molecule has 1 aliphatic heterocycles. The second-order valence-corrected chi connectivity index (χ2v) is 9.00. The van der Waals surface area contributed by atoms with E-state index in [-0.39, 0.29) is 5.91 Å². The van der Waals surface area contributed by atoms with E-state index in [0.29, 0.717) is 6.17 Å². The number of quaternary nitrogens is 1. The SMILES string of the molecule is CCCCCCCC/C=C/CCCCCCCC1NC=C[N+]1(CC)CCNC(C)=O. The van der Waals surface area contributed by atoms with Gasteiger partial charge in [-0.25, -0.2) is 0 Å².